The Morgan fingerprint density at radius 2 is 2.12 bits per heavy atom. The summed E-state index contributed by atoms with van der Waals surface area (Å²) in [6.07, 6.45) is 2.36. The van der Waals surface area contributed by atoms with Crippen molar-refractivity contribution < 1.29 is 4.39 Å². The molecule has 0 radical (unpaired) electrons. The third kappa shape index (κ3) is 4.50. The van der Waals surface area contributed by atoms with Crippen molar-refractivity contribution in [3.05, 3.63) is 34.6 Å². The van der Waals surface area contributed by atoms with Crippen LogP contribution < -0.4 is 5.32 Å². The van der Waals surface area contributed by atoms with Crippen LogP contribution in [0.1, 0.15) is 32.3 Å². The van der Waals surface area contributed by atoms with Crippen LogP contribution in [0.15, 0.2) is 18.2 Å². The van der Waals surface area contributed by atoms with Crippen molar-refractivity contribution in [2.45, 2.75) is 33.2 Å². The molecule has 1 rings (SSSR count). The van der Waals surface area contributed by atoms with E-state index in [0.29, 0.717) is 6.54 Å². The third-order valence-electron chi connectivity index (χ3n) is 2.48. The van der Waals surface area contributed by atoms with Crippen LogP contribution in [0.5, 0.6) is 0 Å². The van der Waals surface area contributed by atoms with E-state index in [1.165, 1.54) is 12.5 Å². The molecule has 3 heteroatoms. The van der Waals surface area contributed by atoms with Crippen LogP contribution in [-0.4, -0.2) is 6.54 Å². The lowest BCUT2D eigenvalue weighted by atomic mass is 10.1. The molecule has 0 saturated heterocycles. The Balaban J connectivity index is 2.29. The maximum atomic E-state index is 13.1. The number of rotatable bonds is 6. The zero-order chi connectivity index (χ0) is 12.0. The summed E-state index contributed by atoms with van der Waals surface area (Å²) < 4.78 is 13.1. The van der Waals surface area contributed by atoms with Gasteiger partial charge in [0.15, 0.2) is 0 Å². The molecular formula is C13H19ClFN. The number of benzene rings is 1. The maximum absolute atomic E-state index is 13.1. The van der Waals surface area contributed by atoms with Gasteiger partial charge in [0.1, 0.15) is 5.82 Å². The lowest BCUT2D eigenvalue weighted by molar-refractivity contribution is 0.527. The molecule has 0 aromatic heterocycles. The second-order valence-corrected chi connectivity index (χ2v) is 4.80. The Labute approximate surface area is 102 Å². The third-order valence-corrected chi connectivity index (χ3v) is 2.91. The van der Waals surface area contributed by atoms with Gasteiger partial charge in [-0.15, -0.1) is 0 Å². The molecular weight excluding hydrogens is 225 g/mol. The second kappa shape index (κ2) is 6.87. The van der Waals surface area contributed by atoms with E-state index in [0.717, 1.165) is 24.4 Å². The van der Waals surface area contributed by atoms with Crippen molar-refractivity contribution in [2.75, 3.05) is 6.54 Å². The fourth-order valence-corrected chi connectivity index (χ4v) is 1.74. The van der Waals surface area contributed by atoms with E-state index >= 15 is 0 Å². The number of hydrogen-bond donors (Lipinski definition) is 1. The molecule has 1 aromatic rings. The summed E-state index contributed by atoms with van der Waals surface area (Å²) in [5.41, 5.74) is 0.825. The quantitative estimate of drug-likeness (QED) is 0.745. The van der Waals surface area contributed by atoms with E-state index in [4.69, 9.17) is 11.6 Å². The minimum absolute atomic E-state index is 0.235. The first kappa shape index (κ1) is 13.5. The van der Waals surface area contributed by atoms with Crippen LogP contribution in [0.4, 0.5) is 4.39 Å². The van der Waals surface area contributed by atoms with E-state index < -0.39 is 0 Å². The highest BCUT2D eigenvalue weighted by Crippen LogP contribution is 2.19. The molecule has 90 valence electrons. The van der Waals surface area contributed by atoms with Gasteiger partial charge in [0, 0.05) is 6.54 Å². The van der Waals surface area contributed by atoms with Crippen LogP contribution >= 0.6 is 11.6 Å². The summed E-state index contributed by atoms with van der Waals surface area (Å²) in [6.45, 7) is 6.01. The Morgan fingerprint density at radius 3 is 2.81 bits per heavy atom. The fraction of sp³-hybridized carbons (Fsp3) is 0.538. The van der Waals surface area contributed by atoms with Crippen molar-refractivity contribution in [1.29, 1.82) is 0 Å². The zero-order valence-corrected chi connectivity index (χ0v) is 10.6. The minimum atomic E-state index is -0.344. The summed E-state index contributed by atoms with van der Waals surface area (Å²) in [5.74, 6) is 0.391. The second-order valence-electron chi connectivity index (χ2n) is 4.43. The lowest BCUT2D eigenvalue weighted by Gasteiger charge is -2.08. The van der Waals surface area contributed by atoms with Gasteiger partial charge in [0.05, 0.1) is 5.02 Å². The molecule has 0 aliphatic rings. The standard InChI is InChI=1S/C13H19ClFN/c1-10(2)5-4-8-16-9-11-6-3-7-12(15)13(11)14/h3,6-7,10,16H,4-5,8-9H2,1-2H3. The Hall–Kier alpha value is -0.600. The predicted molar refractivity (Wildman–Crippen MR) is 67.2 cm³/mol. The molecule has 0 spiro atoms. The average molecular weight is 244 g/mol. The van der Waals surface area contributed by atoms with Crippen LogP contribution in [0.2, 0.25) is 5.02 Å². The Kier molecular flexibility index (Phi) is 5.78. The summed E-state index contributed by atoms with van der Waals surface area (Å²) in [6, 6.07) is 4.91. The van der Waals surface area contributed by atoms with E-state index in [2.05, 4.69) is 19.2 Å². The molecule has 1 aromatic carbocycles. The van der Waals surface area contributed by atoms with Gasteiger partial charge >= 0.3 is 0 Å². The largest absolute Gasteiger partial charge is 0.313 e. The molecule has 1 nitrogen and oxygen atoms in total. The summed E-state index contributed by atoms with van der Waals surface area (Å²) in [4.78, 5) is 0. The summed E-state index contributed by atoms with van der Waals surface area (Å²) in [7, 11) is 0. The Bertz CT molecular complexity index is 326. The van der Waals surface area contributed by atoms with Crippen molar-refractivity contribution in [3.63, 3.8) is 0 Å². The van der Waals surface area contributed by atoms with E-state index in [1.54, 1.807) is 6.07 Å². The molecule has 0 fully saturated rings. The topological polar surface area (TPSA) is 12.0 Å². The number of halogens is 2. The molecule has 0 atom stereocenters. The first-order valence-corrected chi connectivity index (χ1v) is 6.12. The molecule has 1 N–H and O–H groups in total. The van der Waals surface area contributed by atoms with Gasteiger partial charge < -0.3 is 5.32 Å². The Morgan fingerprint density at radius 1 is 1.38 bits per heavy atom. The summed E-state index contributed by atoms with van der Waals surface area (Å²) >= 11 is 5.84. The molecule has 0 aliphatic heterocycles. The van der Waals surface area contributed by atoms with Gasteiger partial charge in [0.2, 0.25) is 0 Å². The van der Waals surface area contributed by atoms with E-state index in [9.17, 15) is 4.39 Å². The highest BCUT2D eigenvalue weighted by atomic mass is 35.5. The van der Waals surface area contributed by atoms with Crippen LogP contribution in [-0.2, 0) is 6.54 Å². The molecule has 0 saturated carbocycles. The highest BCUT2D eigenvalue weighted by Gasteiger charge is 2.04. The molecule has 0 heterocycles. The first-order chi connectivity index (χ1) is 7.61. The average Bonchev–Trinajstić information content (AvgIpc) is 2.23. The van der Waals surface area contributed by atoms with E-state index in [1.807, 2.05) is 6.07 Å². The summed E-state index contributed by atoms with van der Waals surface area (Å²) in [5, 5.41) is 3.51. The van der Waals surface area contributed by atoms with Gasteiger partial charge in [-0.05, 0) is 36.9 Å². The molecule has 0 amide bonds. The smallest absolute Gasteiger partial charge is 0.142 e. The predicted octanol–water partition coefficient (Wildman–Crippen LogP) is 4.00. The fourth-order valence-electron chi connectivity index (χ4n) is 1.54. The highest BCUT2D eigenvalue weighted by molar-refractivity contribution is 6.31. The monoisotopic (exact) mass is 243 g/mol. The molecule has 16 heavy (non-hydrogen) atoms. The molecule has 0 bridgehead atoms. The van der Waals surface area contributed by atoms with Crippen molar-refractivity contribution in [3.8, 4) is 0 Å². The van der Waals surface area contributed by atoms with Crippen molar-refractivity contribution >= 4 is 11.6 Å². The first-order valence-electron chi connectivity index (χ1n) is 5.75. The molecule has 0 unspecified atom stereocenters. The number of nitrogens with one attached hydrogen (secondary N) is 1. The maximum Gasteiger partial charge on any atom is 0.142 e. The van der Waals surface area contributed by atoms with E-state index in [-0.39, 0.29) is 10.8 Å². The zero-order valence-electron chi connectivity index (χ0n) is 9.89. The number of hydrogen-bond acceptors (Lipinski definition) is 1. The van der Waals surface area contributed by atoms with Crippen LogP contribution in [0.25, 0.3) is 0 Å². The minimum Gasteiger partial charge on any atom is -0.313 e. The van der Waals surface area contributed by atoms with Gasteiger partial charge in [-0.1, -0.05) is 37.6 Å². The van der Waals surface area contributed by atoms with Crippen LogP contribution in [0, 0.1) is 11.7 Å². The van der Waals surface area contributed by atoms with Gasteiger partial charge in [-0.2, -0.15) is 0 Å². The van der Waals surface area contributed by atoms with Gasteiger partial charge in [-0.3, -0.25) is 0 Å². The van der Waals surface area contributed by atoms with Gasteiger partial charge in [-0.25, -0.2) is 4.39 Å². The SMILES string of the molecule is CC(C)CCCNCc1cccc(F)c1Cl. The van der Waals surface area contributed by atoms with Crippen molar-refractivity contribution in [1.82, 2.24) is 5.32 Å². The van der Waals surface area contributed by atoms with Gasteiger partial charge in [0.25, 0.3) is 0 Å². The normalized spacial score (nSPS) is 11.1. The molecule has 0 aliphatic carbocycles. The lowest BCUT2D eigenvalue weighted by Crippen LogP contribution is -2.15. The van der Waals surface area contributed by atoms with Crippen LogP contribution in [0.3, 0.4) is 0 Å². The van der Waals surface area contributed by atoms with Crippen molar-refractivity contribution in [2.24, 2.45) is 5.92 Å².